The fourth-order valence-corrected chi connectivity index (χ4v) is 3.51. The second-order valence-corrected chi connectivity index (χ2v) is 5.57. The number of fused-ring (bicyclic) bond motifs is 3. The van der Waals surface area contributed by atoms with E-state index in [-0.39, 0.29) is 11.4 Å². The van der Waals surface area contributed by atoms with Crippen LogP contribution in [0.3, 0.4) is 0 Å². The average Bonchev–Trinajstić information content (AvgIpc) is 3.02. The number of hydrogen-bond donors (Lipinski definition) is 0. The van der Waals surface area contributed by atoms with Crippen molar-refractivity contribution >= 4 is 5.97 Å². The summed E-state index contributed by atoms with van der Waals surface area (Å²) >= 11 is 0. The molecular weight excluding hydrogens is 228 g/mol. The van der Waals surface area contributed by atoms with Crippen LogP contribution in [0.15, 0.2) is 18.2 Å². The molecule has 0 N–H and O–H groups in total. The number of methoxy groups -OCH3 is 2. The quantitative estimate of drug-likeness (QED) is 0.769. The molecule has 0 spiro atoms. The number of carbonyl (C=O) groups excluding carboxylic acids is 1. The summed E-state index contributed by atoms with van der Waals surface area (Å²) in [5, 5.41) is 0. The zero-order valence-corrected chi connectivity index (χ0v) is 11.0. The average molecular weight is 246 g/mol. The Morgan fingerprint density at radius 2 is 2.22 bits per heavy atom. The lowest BCUT2D eigenvalue weighted by atomic mass is 9.92. The third kappa shape index (κ3) is 1.46. The van der Waals surface area contributed by atoms with E-state index in [1.54, 1.807) is 7.11 Å². The highest BCUT2D eigenvalue weighted by Gasteiger charge is 2.61. The maximum atomic E-state index is 11.5. The molecule has 0 bridgehead atoms. The van der Waals surface area contributed by atoms with Crippen LogP contribution >= 0.6 is 0 Å². The Balaban J connectivity index is 1.96. The Labute approximate surface area is 107 Å². The van der Waals surface area contributed by atoms with Crippen LogP contribution in [0.25, 0.3) is 0 Å². The Bertz CT molecular complexity index is 508. The van der Waals surface area contributed by atoms with Crippen molar-refractivity contribution in [2.24, 2.45) is 5.92 Å². The van der Waals surface area contributed by atoms with Crippen molar-refractivity contribution in [3.8, 4) is 5.75 Å². The third-order valence-electron chi connectivity index (χ3n) is 4.68. The predicted molar refractivity (Wildman–Crippen MR) is 67.8 cm³/mol. The molecule has 3 heteroatoms. The minimum Gasteiger partial charge on any atom is -0.497 e. The van der Waals surface area contributed by atoms with Crippen LogP contribution in [0.2, 0.25) is 0 Å². The van der Waals surface area contributed by atoms with Gasteiger partial charge >= 0.3 is 5.97 Å². The van der Waals surface area contributed by atoms with Gasteiger partial charge in [0.15, 0.2) is 0 Å². The number of carbonyl (C=O) groups is 1. The number of hydrogen-bond acceptors (Lipinski definition) is 3. The van der Waals surface area contributed by atoms with Crippen molar-refractivity contribution in [2.45, 2.75) is 31.1 Å². The van der Waals surface area contributed by atoms with Gasteiger partial charge in [-0.2, -0.15) is 0 Å². The molecule has 18 heavy (non-hydrogen) atoms. The predicted octanol–water partition coefficient (Wildman–Crippen LogP) is 2.63. The normalized spacial score (nSPS) is 31.5. The molecule has 3 atom stereocenters. The van der Waals surface area contributed by atoms with E-state index in [1.165, 1.54) is 24.7 Å². The first-order valence-electron chi connectivity index (χ1n) is 6.35. The fourth-order valence-electron chi connectivity index (χ4n) is 3.51. The van der Waals surface area contributed by atoms with Gasteiger partial charge in [-0.25, -0.2) is 0 Å². The molecule has 1 aromatic carbocycles. The molecule has 96 valence electrons. The summed E-state index contributed by atoms with van der Waals surface area (Å²) in [6.07, 6.45) is 1.67. The molecule has 0 saturated heterocycles. The highest BCUT2D eigenvalue weighted by Crippen LogP contribution is 2.68. The first kappa shape index (κ1) is 11.6. The first-order valence-corrected chi connectivity index (χ1v) is 6.35. The third-order valence-corrected chi connectivity index (χ3v) is 4.68. The molecule has 0 aromatic heterocycles. The van der Waals surface area contributed by atoms with Crippen LogP contribution < -0.4 is 4.74 Å². The van der Waals surface area contributed by atoms with Crippen LogP contribution in [0, 0.1) is 5.92 Å². The maximum Gasteiger partial charge on any atom is 0.306 e. The summed E-state index contributed by atoms with van der Waals surface area (Å²) in [6, 6.07) is 6.23. The molecule has 0 heterocycles. The highest BCUT2D eigenvalue weighted by molar-refractivity contribution is 5.72. The van der Waals surface area contributed by atoms with Crippen molar-refractivity contribution < 1.29 is 14.3 Å². The Morgan fingerprint density at radius 3 is 2.89 bits per heavy atom. The standard InChI is InChI=1S/C15H18O3/c1-15-8-13(15)11(7-14(16)18-3)10-5-4-9(17-2)6-12(10)15/h4-6,11,13H,7-8H2,1-3H3. The van der Waals surface area contributed by atoms with Crippen molar-refractivity contribution in [3.63, 3.8) is 0 Å². The summed E-state index contributed by atoms with van der Waals surface area (Å²) in [7, 11) is 3.15. The monoisotopic (exact) mass is 246 g/mol. The lowest BCUT2D eigenvalue weighted by Crippen LogP contribution is -2.09. The summed E-state index contributed by atoms with van der Waals surface area (Å²) in [5.41, 5.74) is 2.92. The summed E-state index contributed by atoms with van der Waals surface area (Å²) in [5.74, 6) is 1.71. The molecule has 3 unspecified atom stereocenters. The van der Waals surface area contributed by atoms with Gasteiger partial charge in [0.25, 0.3) is 0 Å². The molecule has 1 fully saturated rings. The lowest BCUT2D eigenvalue weighted by Gasteiger charge is -2.15. The van der Waals surface area contributed by atoms with Gasteiger partial charge in [0.2, 0.25) is 0 Å². The maximum absolute atomic E-state index is 11.5. The molecular formula is C15H18O3. The van der Waals surface area contributed by atoms with E-state index in [4.69, 9.17) is 9.47 Å². The molecule has 1 aromatic rings. The van der Waals surface area contributed by atoms with Crippen molar-refractivity contribution in [3.05, 3.63) is 29.3 Å². The second-order valence-electron chi connectivity index (χ2n) is 5.57. The molecule has 2 aliphatic carbocycles. The summed E-state index contributed by atoms with van der Waals surface area (Å²) in [6.45, 7) is 2.28. The van der Waals surface area contributed by atoms with Crippen molar-refractivity contribution in [1.82, 2.24) is 0 Å². The number of esters is 1. The summed E-state index contributed by atoms with van der Waals surface area (Å²) in [4.78, 5) is 11.5. The van der Waals surface area contributed by atoms with E-state index in [2.05, 4.69) is 19.1 Å². The molecule has 0 amide bonds. The van der Waals surface area contributed by atoms with Gasteiger partial charge in [-0.15, -0.1) is 0 Å². The van der Waals surface area contributed by atoms with Crippen molar-refractivity contribution in [1.29, 1.82) is 0 Å². The van der Waals surface area contributed by atoms with Crippen LogP contribution in [0.1, 0.15) is 36.8 Å². The number of rotatable bonds is 3. The minimum atomic E-state index is -0.113. The summed E-state index contributed by atoms with van der Waals surface area (Å²) < 4.78 is 10.1. The molecule has 0 radical (unpaired) electrons. The van der Waals surface area contributed by atoms with Gasteiger partial charge in [-0.1, -0.05) is 13.0 Å². The van der Waals surface area contributed by atoms with Gasteiger partial charge in [-0.3, -0.25) is 4.79 Å². The zero-order chi connectivity index (χ0) is 12.9. The Hall–Kier alpha value is -1.51. The largest absolute Gasteiger partial charge is 0.497 e. The molecule has 3 rings (SSSR count). The zero-order valence-electron chi connectivity index (χ0n) is 11.0. The van der Waals surface area contributed by atoms with E-state index < -0.39 is 0 Å². The molecule has 1 saturated carbocycles. The van der Waals surface area contributed by atoms with Gasteiger partial charge in [0.1, 0.15) is 5.75 Å². The van der Waals surface area contributed by atoms with Crippen molar-refractivity contribution in [2.75, 3.05) is 14.2 Å². The van der Waals surface area contributed by atoms with Crippen LogP contribution in [-0.4, -0.2) is 20.2 Å². The molecule has 3 nitrogen and oxygen atoms in total. The Kier molecular flexibility index (Phi) is 2.40. The van der Waals surface area contributed by atoms with Gasteiger partial charge in [0.05, 0.1) is 20.6 Å². The second kappa shape index (κ2) is 3.74. The van der Waals surface area contributed by atoms with Crippen LogP contribution in [-0.2, 0) is 14.9 Å². The van der Waals surface area contributed by atoms with Crippen LogP contribution in [0.5, 0.6) is 5.75 Å². The van der Waals surface area contributed by atoms with Crippen LogP contribution in [0.4, 0.5) is 0 Å². The first-order chi connectivity index (χ1) is 8.60. The van der Waals surface area contributed by atoms with Gasteiger partial charge in [-0.05, 0) is 46.9 Å². The smallest absolute Gasteiger partial charge is 0.306 e. The highest BCUT2D eigenvalue weighted by atomic mass is 16.5. The topological polar surface area (TPSA) is 35.5 Å². The number of benzene rings is 1. The van der Waals surface area contributed by atoms with E-state index >= 15 is 0 Å². The van der Waals surface area contributed by atoms with Gasteiger partial charge in [0, 0.05) is 0 Å². The minimum absolute atomic E-state index is 0.113. The Morgan fingerprint density at radius 1 is 1.44 bits per heavy atom. The number of ether oxygens (including phenoxy) is 2. The fraction of sp³-hybridized carbons (Fsp3) is 0.533. The SMILES string of the molecule is COC(=O)CC1c2ccc(OC)cc2C2(C)CC12. The van der Waals surface area contributed by atoms with E-state index in [1.807, 2.05) is 6.07 Å². The molecule has 0 aliphatic heterocycles. The van der Waals surface area contributed by atoms with E-state index in [0.717, 1.165) is 5.75 Å². The van der Waals surface area contributed by atoms with E-state index in [9.17, 15) is 4.79 Å². The van der Waals surface area contributed by atoms with Gasteiger partial charge < -0.3 is 9.47 Å². The lowest BCUT2D eigenvalue weighted by molar-refractivity contribution is -0.141. The van der Waals surface area contributed by atoms with E-state index in [0.29, 0.717) is 18.3 Å². The molecule has 2 aliphatic rings.